The Balaban J connectivity index is 0.000000162. The normalized spacial score (nSPS) is 16.1. The second-order valence-corrected chi connectivity index (χ2v) is 14.7. The average Bonchev–Trinajstić information content (AvgIpc) is 3.59. The molecule has 1 saturated heterocycles. The van der Waals surface area contributed by atoms with Gasteiger partial charge < -0.3 is 18.1 Å². The molecule has 1 fully saturated rings. The quantitative estimate of drug-likeness (QED) is 0.157. The topological polar surface area (TPSA) is 44.7 Å². The number of hydrogen-bond acceptors (Lipinski definition) is 4. The molecule has 8 heteroatoms. The fourth-order valence-corrected chi connectivity index (χ4v) is 7.08. The molecule has 4 nitrogen and oxygen atoms in total. The third-order valence-corrected chi connectivity index (χ3v) is 10.7. The van der Waals surface area contributed by atoms with E-state index >= 15 is 0 Å². The fourth-order valence-electron chi connectivity index (χ4n) is 5.54. The minimum Gasteiger partial charge on any atom is -0.455 e. The van der Waals surface area contributed by atoms with Crippen molar-refractivity contribution in [2.45, 2.75) is 66.6 Å². The summed E-state index contributed by atoms with van der Waals surface area (Å²) in [4.78, 5) is 0. The Labute approximate surface area is 271 Å². The van der Waals surface area contributed by atoms with Crippen molar-refractivity contribution < 1.29 is 18.1 Å². The molecular weight excluding hydrogens is 723 g/mol. The Bertz CT molecular complexity index is 1960. The summed E-state index contributed by atoms with van der Waals surface area (Å²) < 4.78 is 28.1. The van der Waals surface area contributed by atoms with Gasteiger partial charge in [-0.1, -0.05) is 78.1 Å². The first-order chi connectivity index (χ1) is 19.7. The summed E-state index contributed by atoms with van der Waals surface area (Å²) in [5, 5.41) is 4.46. The average molecular weight is 755 g/mol. The van der Waals surface area contributed by atoms with Gasteiger partial charge in [0.05, 0.1) is 11.2 Å². The van der Waals surface area contributed by atoms with E-state index in [2.05, 4.69) is 152 Å². The molecule has 0 spiro atoms. The molecule has 216 valence electrons. The van der Waals surface area contributed by atoms with E-state index in [0.717, 1.165) is 85.0 Å². The highest BCUT2D eigenvalue weighted by atomic mass is 79.9. The van der Waals surface area contributed by atoms with Gasteiger partial charge in [0, 0.05) is 35.0 Å². The molecule has 0 saturated carbocycles. The van der Waals surface area contributed by atoms with Crippen molar-refractivity contribution in [1.82, 2.24) is 0 Å². The first-order valence-electron chi connectivity index (χ1n) is 13.9. The maximum atomic E-state index is 6.31. The predicted octanol–water partition coefficient (Wildman–Crippen LogP) is 11.0. The fraction of sp³-hybridized carbons (Fsp3) is 0.294. The minimum atomic E-state index is -0.415. The molecule has 1 aliphatic heterocycles. The highest BCUT2D eigenvalue weighted by Crippen LogP contribution is 2.42. The highest BCUT2D eigenvalue weighted by molar-refractivity contribution is 9.11. The predicted molar refractivity (Wildman–Crippen MR) is 185 cm³/mol. The Morgan fingerprint density at radius 3 is 1.17 bits per heavy atom. The molecule has 7 rings (SSSR count). The zero-order valence-corrected chi connectivity index (χ0v) is 29.7. The van der Waals surface area contributed by atoms with Crippen molar-refractivity contribution in [1.29, 1.82) is 0 Å². The molecular formula is C34H32BBr3O4. The lowest BCUT2D eigenvalue weighted by Crippen LogP contribution is -2.41. The zero-order valence-electron chi connectivity index (χ0n) is 25.0. The van der Waals surface area contributed by atoms with Gasteiger partial charge in [0.2, 0.25) is 0 Å². The summed E-state index contributed by atoms with van der Waals surface area (Å²) in [7, 11) is -0.415. The van der Waals surface area contributed by atoms with Crippen LogP contribution in [0.15, 0.2) is 70.8 Å². The first kappa shape index (κ1) is 30.0. The van der Waals surface area contributed by atoms with E-state index in [4.69, 9.17) is 18.1 Å². The van der Waals surface area contributed by atoms with Crippen LogP contribution in [-0.2, 0) is 9.31 Å². The molecule has 0 N–H and O–H groups in total. The van der Waals surface area contributed by atoms with Crippen molar-refractivity contribution in [3.05, 3.63) is 84.2 Å². The minimum absolute atomic E-state index is 0.373. The maximum Gasteiger partial charge on any atom is 0.495 e. The molecule has 0 bridgehead atoms. The third kappa shape index (κ3) is 4.69. The number of hydrogen-bond donors (Lipinski definition) is 0. The second-order valence-electron chi connectivity index (χ2n) is 12.2. The van der Waals surface area contributed by atoms with Crippen molar-refractivity contribution >= 4 is 104 Å². The summed E-state index contributed by atoms with van der Waals surface area (Å²) in [6.45, 7) is 16.6. The highest BCUT2D eigenvalue weighted by Gasteiger charge is 2.52. The van der Waals surface area contributed by atoms with Crippen molar-refractivity contribution in [3.8, 4) is 0 Å². The Morgan fingerprint density at radius 2 is 0.786 bits per heavy atom. The number of fused-ring (bicyclic) bond motifs is 6. The third-order valence-electron chi connectivity index (χ3n) is 8.71. The van der Waals surface area contributed by atoms with Gasteiger partial charge in [-0.25, -0.2) is 0 Å². The lowest BCUT2D eigenvalue weighted by atomic mass is 9.76. The van der Waals surface area contributed by atoms with Gasteiger partial charge in [0.15, 0.2) is 0 Å². The van der Waals surface area contributed by atoms with Crippen LogP contribution in [0.2, 0.25) is 0 Å². The number of benzene rings is 4. The second kappa shape index (κ2) is 10.5. The van der Waals surface area contributed by atoms with Gasteiger partial charge >= 0.3 is 7.12 Å². The van der Waals surface area contributed by atoms with Crippen LogP contribution in [0.1, 0.15) is 49.9 Å². The van der Waals surface area contributed by atoms with Crippen LogP contribution in [0.4, 0.5) is 0 Å². The molecule has 0 aliphatic carbocycles. The van der Waals surface area contributed by atoms with Gasteiger partial charge in [-0.05, 0) is 101 Å². The summed E-state index contributed by atoms with van der Waals surface area (Å²) in [5.74, 6) is 0. The zero-order chi connectivity index (χ0) is 30.3. The maximum absolute atomic E-state index is 6.31. The summed E-state index contributed by atoms with van der Waals surface area (Å²) >= 11 is 10.9. The number of rotatable bonds is 1. The van der Waals surface area contributed by atoms with E-state index < -0.39 is 7.12 Å². The van der Waals surface area contributed by atoms with E-state index in [9.17, 15) is 0 Å². The first-order valence-corrected chi connectivity index (χ1v) is 16.3. The molecule has 4 aromatic carbocycles. The van der Waals surface area contributed by atoms with E-state index in [-0.39, 0.29) is 11.2 Å². The van der Waals surface area contributed by atoms with Crippen LogP contribution in [0, 0.1) is 27.7 Å². The lowest BCUT2D eigenvalue weighted by Gasteiger charge is -2.32. The number of aryl methyl sites for hydroxylation is 4. The molecule has 2 aromatic heterocycles. The molecule has 0 amide bonds. The Hall–Kier alpha value is -2.10. The molecule has 1 aliphatic rings. The van der Waals surface area contributed by atoms with Crippen molar-refractivity contribution in [2.24, 2.45) is 0 Å². The van der Waals surface area contributed by atoms with Gasteiger partial charge in [-0.15, -0.1) is 0 Å². The standard InChI is InChI=1S/C20H22BBrO3.C14H10Br2O/c1-11-7-9-13(21-24-19(3,4)20(5,6)25-21)15-16-14(22)10-8-12(2)18(16)23-17(11)15;1-7-3-5-9(15)11-12-10(16)6-4-8(2)14(12)17-13(7)11/h7-10H,1-6H3;3-6H,1-2H3. The van der Waals surface area contributed by atoms with Crippen LogP contribution < -0.4 is 5.46 Å². The SMILES string of the molecule is Cc1ccc(Br)c2c1oc1c(C)ccc(B3OC(C)(C)C(C)(C)O3)c12.Cc1ccc(Br)c2c1oc1c(C)ccc(Br)c12. The summed E-state index contributed by atoms with van der Waals surface area (Å²) in [6.07, 6.45) is 0. The van der Waals surface area contributed by atoms with Crippen molar-refractivity contribution in [2.75, 3.05) is 0 Å². The van der Waals surface area contributed by atoms with E-state index in [1.165, 1.54) is 0 Å². The van der Waals surface area contributed by atoms with Crippen LogP contribution >= 0.6 is 47.8 Å². The van der Waals surface area contributed by atoms with E-state index in [1.54, 1.807) is 0 Å². The summed E-state index contributed by atoms with van der Waals surface area (Å²) in [5.41, 5.74) is 8.55. The van der Waals surface area contributed by atoms with Gasteiger partial charge in [0.25, 0.3) is 0 Å². The summed E-state index contributed by atoms with van der Waals surface area (Å²) in [6, 6.07) is 16.6. The van der Waals surface area contributed by atoms with Crippen LogP contribution in [-0.4, -0.2) is 18.3 Å². The Morgan fingerprint density at radius 1 is 0.476 bits per heavy atom. The molecule has 3 heterocycles. The van der Waals surface area contributed by atoms with Gasteiger partial charge in [-0.3, -0.25) is 0 Å². The number of halogens is 3. The Kier molecular flexibility index (Phi) is 7.50. The largest absolute Gasteiger partial charge is 0.495 e. The van der Waals surface area contributed by atoms with Gasteiger partial charge in [-0.2, -0.15) is 0 Å². The molecule has 42 heavy (non-hydrogen) atoms. The molecule has 0 unspecified atom stereocenters. The van der Waals surface area contributed by atoms with Crippen LogP contribution in [0.3, 0.4) is 0 Å². The molecule has 6 aromatic rings. The van der Waals surface area contributed by atoms with E-state index in [1.807, 2.05) is 0 Å². The van der Waals surface area contributed by atoms with Crippen LogP contribution in [0.25, 0.3) is 43.9 Å². The number of furan rings is 2. The van der Waals surface area contributed by atoms with Gasteiger partial charge in [0.1, 0.15) is 22.3 Å². The van der Waals surface area contributed by atoms with E-state index in [0.29, 0.717) is 0 Å². The van der Waals surface area contributed by atoms with Crippen molar-refractivity contribution in [3.63, 3.8) is 0 Å². The lowest BCUT2D eigenvalue weighted by molar-refractivity contribution is 0.00578. The molecule has 0 atom stereocenters. The molecule has 0 radical (unpaired) electrons. The smallest absolute Gasteiger partial charge is 0.455 e. The monoisotopic (exact) mass is 752 g/mol. The van der Waals surface area contributed by atoms with Crippen LogP contribution in [0.5, 0.6) is 0 Å².